The van der Waals surface area contributed by atoms with Crippen LogP contribution in [0.5, 0.6) is 0 Å². The first-order valence-corrected chi connectivity index (χ1v) is 9.40. The molecule has 0 aliphatic carbocycles. The summed E-state index contributed by atoms with van der Waals surface area (Å²) < 4.78 is 1.75. The Morgan fingerprint density at radius 2 is 2.11 bits per heavy atom. The van der Waals surface area contributed by atoms with Crippen molar-refractivity contribution in [2.45, 2.75) is 0 Å². The van der Waals surface area contributed by atoms with Crippen LogP contribution in [-0.4, -0.2) is 22.0 Å². The first-order valence-electron chi connectivity index (χ1n) is 7.79. The third kappa shape index (κ3) is 3.46. The number of rotatable bonds is 4. The number of aromatic nitrogens is 1. The van der Waals surface area contributed by atoms with Crippen molar-refractivity contribution in [2.24, 2.45) is 5.10 Å². The Kier molecular flexibility index (Phi) is 4.46. The Labute approximate surface area is 165 Å². The van der Waals surface area contributed by atoms with Crippen molar-refractivity contribution in [1.82, 2.24) is 10.4 Å². The summed E-state index contributed by atoms with van der Waals surface area (Å²) in [7, 11) is 0. The van der Waals surface area contributed by atoms with Crippen LogP contribution in [-0.2, 0) is 0 Å². The summed E-state index contributed by atoms with van der Waals surface area (Å²) in [6.07, 6.45) is 3.38. The molecule has 0 spiro atoms. The SMILES string of the molecule is O=C(N/N=C/c1c[nH]c2ccc(Br)cc12)c1cc2cc([N+](=O)[O-])ccc2s1. The number of carbonyl (C=O) groups is 1. The average molecular weight is 443 g/mol. The van der Waals surface area contributed by atoms with Gasteiger partial charge in [0, 0.05) is 49.4 Å². The van der Waals surface area contributed by atoms with Gasteiger partial charge in [0.1, 0.15) is 0 Å². The fourth-order valence-corrected chi connectivity index (χ4v) is 3.99. The minimum Gasteiger partial charge on any atom is -0.361 e. The van der Waals surface area contributed by atoms with Crippen LogP contribution in [0.25, 0.3) is 21.0 Å². The minimum absolute atomic E-state index is 0.00391. The first kappa shape index (κ1) is 17.4. The van der Waals surface area contributed by atoms with Gasteiger partial charge in [0.25, 0.3) is 11.6 Å². The summed E-state index contributed by atoms with van der Waals surface area (Å²) in [6.45, 7) is 0. The molecule has 2 heterocycles. The monoisotopic (exact) mass is 442 g/mol. The highest BCUT2D eigenvalue weighted by Crippen LogP contribution is 2.29. The molecule has 4 rings (SSSR count). The second kappa shape index (κ2) is 6.93. The van der Waals surface area contributed by atoms with Crippen LogP contribution >= 0.6 is 27.3 Å². The number of nitro benzene ring substituents is 1. The number of nitrogens with zero attached hydrogens (tertiary/aromatic N) is 2. The van der Waals surface area contributed by atoms with Crippen LogP contribution in [0.2, 0.25) is 0 Å². The molecule has 134 valence electrons. The summed E-state index contributed by atoms with van der Waals surface area (Å²) in [5, 5.41) is 16.5. The summed E-state index contributed by atoms with van der Waals surface area (Å²) in [6, 6.07) is 12.0. The maximum absolute atomic E-state index is 12.3. The first-order chi connectivity index (χ1) is 13.0. The number of H-pyrrole nitrogens is 1. The highest BCUT2D eigenvalue weighted by molar-refractivity contribution is 9.10. The Balaban J connectivity index is 1.53. The summed E-state index contributed by atoms with van der Waals surface area (Å²) in [5.41, 5.74) is 4.31. The lowest BCUT2D eigenvalue weighted by Gasteiger charge is -1.96. The summed E-state index contributed by atoms with van der Waals surface area (Å²) in [4.78, 5) is 26.3. The lowest BCUT2D eigenvalue weighted by atomic mass is 10.2. The van der Waals surface area contributed by atoms with Crippen molar-refractivity contribution in [3.8, 4) is 0 Å². The molecule has 0 radical (unpaired) electrons. The molecule has 0 fully saturated rings. The lowest BCUT2D eigenvalue weighted by Crippen LogP contribution is -2.16. The van der Waals surface area contributed by atoms with E-state index in [0.717, 1.165) is 25.6 Å². The average Bonchev–Trinajstić information content (AvgIpc) is 3.25. The molecule has 0 aliphatic heterocycles. The van der Waals surface area contributed by atoms with Gasteiger partial charge in [-0.25, -0.2) is 5.43 Å². The number of hydrogen-bond donors (Lipinski definition) is 2. The van der Waals surface area contributed by atoms with E-state index in [-0.39, 0.29) is 11.6 Å². The third-order valence-electron chi connectivity index (χ3n) is 3.98. The Morgan fingerprint density at radius 3 is 2.93 bits per heavy atom. The summed E-state index contributed by atoms with van der Waals surface area (Å²) >= 11 is 4.69. The molecule has 0 saturated carbocycles. The van der Waals surface area contributed by atoms with Gasteiger partial charge in [-0.05, 0) is 30.3 Å². The van der Waals surface area contributed by atoms with Crippen LogP contribution in [0.15, 0.2) is 58.2 Å². The van der Waals surface area contributed by atoms with Gasteiger partial charge in [0.2, 0.25) is 0 Å². The fourth-order valence-electron chi connectivity index (χ4n) is 2.69. The van der Waals surface area contributed by atoms with E-state index in [0.29, 0.717) is 10.3 Å². The number of nitrogens with one attached hydrogen (secondary N) is 2. The third-order valence-corrected chi connectivity index (χ3v) is 5.59. The molecule has 0 aliphatic rings. The molecule has 1 amide bonds. The maximum Gasteiger partial charge on any atom is 0.281 e. The second-order valence-corrected chi connectivity index (χ2v) is 7.72. The van der Waals surface area contributed by atoms with Crippen LogP contribution in [0, 0.1) is 10.1 Å². The standard InChI is InChI=1S/C18H11BrN4O3S/c19-12-1-3-15-14(7-12)11(8-20-15)9-21-22-18(24)17-6-10-5-13(23(25)26)2-4-16(10)27-17/h1-9,20H,(H,22,24)/b21-9+. The van der Waals surface area contributed by atoms with E-state index >= 15 is 0 Å². The number of hydrogen-bond acceptors (Lipinski definition) is 5. The molecule has 4 aromatic rings. The minimum atomic E-state index is -0.458. The van der Waals surface area contributed by atoms with E-state index in [1.807, 2.05) is 24.4 Å². The van der Waals surface area contributed by atoms with Gasteiger partial charge in [-0.3, -0.25) is 14.9 Å². The van der Waals surface area contributed by atoms with Gasteiger partial charge in [-0.15, -0.1) is 11.3 Å². The number of nitro groups is 1. The quantitative estimate of drug-likeness (QED) is 0.269. The Hall–Kier alpha value is -3.04. The van der Waals surface area contributed by atoms with Crippen molar-refractivity contribution in [1.29, 1.82) is 0 Å². The van der Waals surface area contributed by atoms with Gasteiger partial charge in [-0.2, -0.15) is 5.10 Å². The lowest BCUT2D eigenvalue weighted by molar-refractivity contribution is -0.384. The second-order valence-electron chi connectivity index (χ2n) is 5.72. The van der Waals surface area contributed by atoms with Crippen LogP contribution < -0.4 is 5.43 Å². The number of benzene rings is 2. The van der Waals surface area contributed by atoms with Gasteiger partial charge in [0.15, 0.2) is 0 Å². The van der Waals surface area contributed by atoms with Gasteiger partial charge >= 0.3 is 0 Å². The van der Waals surface area contributed by atoms with Crippen LogP contribution in [0.1, 0.15) is 15.2 Å². The van der Waals surface area contributed by atoms with Crippen molar-refractivity contribution in [3.05, 3.63) is 73.7 Å². The zero-order chi connectivity index (χ0) is 19.0. The summed E-state index contributed by atoms with van der Waals surface area (Å²) in [5.74, 6) is -0.365. The molecular formula is C18H11BrN4O3S. The van der Waals surface area contributed by atoms with E-state index < -0.39 is 4.92 Å². The number of non-ortho nitro benzene ring substituents is 1. The molecule has 0 atom stereocenters. The number of carbonyl (C=O) groups excluding carboxylic acids is 1. The van der Waals surface area contributed by atoms with Gasteiger partial charge < -0.3 is 4.98 Å². The van der Waals surface area contributed by atoms with Crippen LogP contribution in [0.4, 0.5) is 5.69 Å². The molecular weight excluding hydrogens is 432 g/mol. The van der Waals surface area contributed by atoms with Crippen molar-refractivity contribution < 1.29 is 9.72 Å². The number of amides is 1. The number of aromatic amines is 1. The molecule has 0 saturated heterocycles. The maximum atomic E-state index is 12.3. The smallest absolute Gasteiger partial charge is 0.281 e. The predicted molar refractivity (Wildman–Crippen MR) is 110 cm³/mol. The molecule has 2 N–H and O–H groups in total. The van der Waals surface area contributed by atoms with Crippen molar-refractivity contribution >= 4 is 66.1 Å². The van der Waals surface area contributed by atoms with Crippen molar-refractivity contribution in [3.63, 3.8) is 0 Å². The zero-order valence-corrected chi connectivity index (χ0v) is 16.0. The number of thiophene rings is 1. The fraction of sp³-hybridized carbons (Fsp3) is 0. The van der Waals surface area contributed by atoms with Gasteiger partial charge in [0.05, 0.1) is 16.0 Å². The highest BCUT2D eigenvalue weighted by atomic mass is 79.9. The van der Waals surface area contributed by atoms with E-state index in [1.54, 1.807) is 18.3 Å². The van der Waals surface area contributed by atoms with E-state index in [1.165, 1.54) is 23.5 Å². The Bertz CT molecular complexity index is 1230. The van der Waals surface area contributed by atoms with E-state index in [9.17, 15) is 14.9 Å². The number of halogens is 1. The molecule has 2 aromatic carbocycles. The number of fused-ring (bicyclic) bond motifs is 2. The predicted octanol–water partition coefficient (Wildman–Crippen LogP) is 4.82. The zero-order valence-electron chi connectivity index (χ0n) is 13.6. The topological polar surface area (TPSA) is 100 Å². The number of hydrazone groups is 1. The molecule has 2 aromatic heterocycles. The van der Waals surface area contributed by atoms with E-state index in [2.05, 4.69) is 31.4 Å². The Morgan fingerprint density at radius 1 is 1.26 bits per heavy atom. The normalized spacial score (nSPS) is 11.4. The molecule has 0 unspecified atom stereocenters. The highest BCUT2D eigenvalue weighted by Gasteiger charge is 2.13. The molecule has 9 heteroatoms. The van der Waals surface area contributed by atoms with Crippen LogP contribution in [0.3, 0.4) is 0 Å². The van der Waals surface area contributed by atoms with Crippen molar-refractivity contribution in [2.75, 3.05) is 0 Å². The molecule has 7 nitrogen and oxygen atoms in total. The van der Waals surface area contributed by atoms with Gasteiger partial charge in [-0.1, -0.05) is 15.9 Å². The largest absolute Gasteiger partial charge is 0.361 e. The van der Waals surface area contributed by atoms with E-state index in [4.69, 9.17) is 0 Å². The molecule has 0 bridgehead atoms. The molecule has 27 heavy (non-hydrogen) atoms.